The van der Waals surface area contributed by atoms with Gasteiger partial charge in [-0.05, 0) is 36.3 Å². The van der Waals surface area contributed by atoms with Gasteiger partial charge in [-0.1, -0.05) is 59.8 Å². The molecule has 4 rings (SSSR count). The molecule has 3 aromatic rings. The second-order valence-corrected chi connectivity index (χ2v) is 9.77. The van der Waals surface area contributed by atoms with Crippen molar-refractivity contribution in [1.29, 1.82) is 0 Å². The number of aryl methyl sites for hydroxylation is 1. The molecule has 2 aromatic heterocycles. The number of hydrogen-bond donors (Lipinski definition) is 2. The van der Waals surface area contributed by atoms with Crippen molar-refractivity contribution in [3.8, 4) is 0 Å². The molecule has 0 bridgehead atoms. The number of amides is 1. The van der Waals surface area contributed by atoms with E-state index in [1.165, 1.54) is 15.4 Å². The van der Waals surface area contributed by atoms with Crippen molar-refractivity contribution in [1.82, 2.24) is 14.3 Å². The van der Waals surface area contributed by atoms with E-state index in [-0.39, 0.29) is 36.8 Å². The number of benzene rings is 1. The number of carbonyl (C=O) groups is 1. The zero-order chi connectivity index (χ0) is 24.9. The number of halogens is 1. The summed E-state index contributed by atoms with van der Waals surface area (Å²) in [7, 11) is 0. The second kappa shape index (κ2) is 11.3. The van der Waals surface area contributed by atoms with Gasteiger partial charge in [-0.3, -0.25) is 18.9 Å². The van der Waals surface area contributed by atoms with Gasteiger partial charge in [0.2, 0.25) is 0 Å². The summed E-state index contributed by atoms with van der Waals surface area (Å²) < 4.78 is 7.14. The van der Waals surface area contributed by atoms with Gasteiger partial charge in [-0.2, -0.15) is 0 Å². The molecular weight excluding hydrogens is 508 g/mol. The predicted molar refractivity (Wildman–Crippen MR) is 143 cm³/mol. The van der Waals surface area contributed by atoms with Crippen LogP contribution >= 0.6 is 35.6 Å². The summed E-state index contributed by atoms with van der Waals surface area (Å²) in [5.74, 6) is 0.0409. The van der Waals surface area contributed by atoms with Crippen LogP contribution in [-0.2, 0) is 16.1 Å². The summed E-state index contributed by atoms with van der Waals surface area (Å²) in [6.07, 6.45) is 3.18. The van der Waals surface area contributed by atoms with Gasteiger partial charge in [-0.25, -0.2) is 4.98 Å². The quantitative estimate of drug-likeness (QED) is 0.247. The third kappa shape index (κ3) is 5.57. The Morgan fingerprint density at radius 2 is 2.03 bits per heavy atom. The number of hydrogen-bond acceptors (Lipinski definition) is 8. The van der Waals surface area contributed by atoms with Crippen LogP contribution in [-0.4, -0.2) is 56.0 Å². The van der Waals surface area contributed by atoms with Crippen LogP contribution in [0.1, 0.15) is 16.7 Å². The number of thiocarbonyl (C=S) groups is 1. The van der Waals surface area contributed by atoms with Gasteiger partial charge in [0.05, 0.1) is 36.8 Å². The number of carbonyl (C=O) groups excluding carboxylic acids is 1. The van der Waals surface area contributed by atoms with E-state index in [0.717, 1.165) is 22.9 Å². The molecule has 0 radical (unpaired) electrons. The molecule has 0 unspecified atom stereocenters. The third-order valence-electron chi connectivity index (χ3n) is 5.29. The standard InChI is InChI=1S/C24H23ClN4O4S2/c1-15-5-4-9-28-21(15)27-20(26-8-11-33-12-10-30)17(22(28)31)13-19-23(32)29(24(34)35-19)14-16-6-2-3-7-18(16)25/h2-7,9,13,26,30H,8,10-12,14H2,1H3. The Morgan fingerprint density at radius 1 is 1.23 bits per heavy atom. The number of rotatable bonds is 9. The van der Waals surface area contributed by atoms with E-state index in [9.17, 15) is 9.59 Å². The zero-order valence-electron chi connectivity index (χ0n) is 18.9. The number of fused-ring (bicyclic) bond motifs is 1. The molecule has 2 N–H and O–H groups in total. The fourth-order valence-corrected chi connectivity index (χ4v) is 4.98. The lowest BCUT2D eigenvalue weighted by atomic mass is 10.2. The Bertz CT molecular complexity index is 1380. The molecule has 1 amide bonds. The molecule has 0 spiro atoms. The van der Waals surface area contributed by atoms with Crippen molar-refractivity contribution in [2.45, 2.75) is 13.5 Å². The maximum absolute atomic E-state index is 13.4. The molecule has 35 heavy (non-hydrogen) atoms. The molecule has 1 aromatic carbocycles. The lowest BCUT2D eigenvalue weighted by Crippen LogP contribution is -2.27. The van der Waals surface area contributed by atoms with Crippen LogP contribution in [0, 0.1) is 6.92 Å². The van der Waals surface area contributed by atoms with Crippen molar-refractivity contribution in [2.24, 2.45) is 0 Å². The summed E-state index contributed by atoms with van der Waals surface area (Å²) in [6, 6.07) is 10.9. The molecule has 3 heterocycles. The normalized spacial score (nSPS) is 14.9. The minimum atomic E-state index is -0.311. The first-order chi connectivity index (χ1) is 16.9. The average molecular weight is 531 g/mol. The molecule has 0 aliphatic carbocycles. The van der Waals surface area contributed by atoms with Crippen LogP contribution in [0.4, 0.5) is 5.82 Å². The molecular formula is C24H23ClN4O4S2. The first-order valence-electron chi connectivity index (χ1n) is 10.8. The largest absolute Gasteiger partial charge is 0.394 e. The third-order valence-corrected chi connectivity index (χ3v) is 7.04. The highest BCUT2D eigenvalue weighted by atomic mass is 35.5. The number of pyridine rings is 1. The van der Waals surface area contributed by atoms with Crippen LogP contribution in [0.15, 0.2) is 52.3 Å². The number of thioether (sulfide) groups is 1. The average Bonchev–Trinajstić information content (AvgIpc) is 3.10. The zero-order valence-corrected chi connectivity index (χ0v) is 21.3. The first-order valence-corrected chi connectivity index (χ1v) is 12.4. The summed E-state index contributed by atoms with van der Waals surface area (Å²) in [4.78, 5) is 33.1. The molecule has 1 saturated heterocycles. The molecule has 182 valence electrons. The van der Waals surface area contributed by atoms with Gasteiger partial charge in [0.1, 0.15) is 15.8 Å². The summed E-state index contributed by atoms with van der Waals surface area (Å²) >= 11 is 12.9. The van der Waals surface area contributed by atoms with Crippen molar-refractivity contribution < 1.29 is 14.6 Å². The van der Waals surface area contributed by atoms with Gasteiger partial charge in [0.15, 0.2) is 0 Å². The Hall–Kier alpha value is -2.76. The van der Waals surface area contributed by atoms with Gasteiger partial charge >= 0.3 is 0 Å². The van der Waals surface area contributed by atoms with Crippen molar-refractivity contribution >= 4 is 63.3 Å². The van der Waals surface area contributed by atoms with Crippen LogP contribution in [0.2, 0.25) is 5.02 Å². The molecule has 11 heteroatoms. The van der Waals surface area contributed by atoms with Crippen LogP contribution in [0.5, 0.6) is 0 Å². The van der Waals surface area contributed by atoms with Crippen molar-refractivity contribution in [3.05, 3.63) is 79.6 Å². The number of aromatic nitrogens is 2. The number of anilines is 1. The van der Waals surface area contributed by atoms with Gasteiger partial charge in [0.25, 0.3) is 11.5 Å². The van der Waals surface area contributed by atoms with Gasteiger partial charge < -0.3 is 15.2 Å². The second-order valence-electron chi connectivity index (χ2n) is 7.69. The van der Waals surface area contributed by atoms with Crippen molar-refractivity contribution in [2.75, 3.05) is 31.7 Å². The maximum atomic E-state index is 13.4. The van der Waals surface area contributed by atoms with E-state index < -0.39 is 0 Å². The topological polar surface area (TPSA) is 96.2 Å². The van der Waals surface area contributed by atoms with Crippen molar-refractivity contribution in [3.63, 3.8) is 0 Å². The smallest absolute Gasteiger partial charge is 0.267 e. The summed E-state index contributed by atoms with van der Waals surface area (Å²) in [5.41, 5.74) is 2.06. The van der Waals surface area contributed by atoms with E-state index in [1.807, 2.05) is 31.2 Å². The monoisotopic (exact) mass is 530 g/mol. The van der Waals surface area contributed by atoms with Crippen LogP contribution in [0.3, 0.4) is 0 Å². The fourth-order valence-electron chi connectivity index (χ4n) is 3.55. The Morgan fingerprint density at radius 3 is 2.80 bits per heavy atom. The summed E-state index contributed by atoms with van der Waals surface area (Å²) in [6.45, 7) is 2.93. The SMILES string of the molecule is Cc1cccn2c(=O)c(C=C3SC(=S)N(Cc4ccccc4Cl)C3=O)c(NCCOCCO)nc12. The van der Waals surface area contributed by atoms with E-state index in [4.69, 9.17) is 33.7 Å². The molecule has 0 atom stereocenters. The molecule has 1 fully saturated rings. The number of aliphatic hydroxyl groups is 1. The summed E-state index contributed by atoms with van der Waals surface area (Å²) in [5, 5.41) is 12.6. The number of aliphatic hydroxyl groups excluding tert-OH is 1. The number of ether oxygens (including phenoxy) is 1. The fraction of sp³-hybridized carbons (Fsp3) is 0.250. The Kier molecular flexibility index (Phi) is 8.19. The Balaban J connectivity index is 1.69. The van der Waals surface area contributed by atoms with E-state index in [0.29, 0.717) is 38.9 Å². The number of nitrogens with zero attached hydrogens (tertiary/aromatic N) is 3. The highest BCUT2D eigenvalue weighted by molar-refractivity contribution is 8.26. The molecule has 8 nitrogen and oxygen atoms in total. The first kappa shape index (κ1) is 25.3. The Labute approximate surface area is 216 Å². The minimum absolute atomic E-state index is 0.0734. The minimum Gasteiger partial charge on any atom is -0.394 e. The van der Waals surface area contributed by atoms with Gasteiger partial charge in [-0.15, -0.1) is 0 Å². The highest BCUT2D eigenvalue weighted by Crippen LogP contribution is 2.34. The van der Waals surface area contributed by atoms with Crippen LogP contribution < -0.4 is 10.9 Å². The van der Waals surface area contributed by atoms with E-state index in [2.05, 4.69) is 10.3 Å². The molecule has 0 saturated carbocycles. The molecule has 1 aliphatic rings. The lowest BCUT2D eigenvalue weighted by Gasteiger charge is -2.15. The van der Waals surface area contributed by atoms with E-state index >= 15 is 0 Å². The van der Waals surface area contributed by atoms with E-state index in [1.54, 1.807) is 18.3 Å². The van der Waals surface area contributed by atoms with Gasteiger partial charge in [0, 0.05) is 17.8 Å². The maximum Gasteiger partial charge on any atom is 0.267 e. The number of nitrogens with one attached hydrogen (secondary N) is 1. The lowest BCUT2D eigenvalue weighted by molar-refractivity contribution is -0.122. The molecule has 1 aliphatic heterocycles. The highest BCUT2D eigenvalue weighted by Gasteiger charge is 2.33. The van der Waals surface area contributed by atoms with Crippen LogP contribution in [0.25, 0.3) is 11.7 Å². The predicted octanol–water partition coefficient (Wildman–Crippen LogP) is 3.48.